The van der Waals surface area contributed by atoms with Crippen LogP contribution in [-0.4, -0.2) is 29.1 Å². The van der Waals surface area contributed by atoms with Gasteiger partial charge in [0.1, 0.15) is 17.6 Å². The molecule has 1 amide bonds. The highest BCUT2D eigenvalue weighted by Crippen LogP contribution is 2.22. The van der Waals surface area contributed by atoms with E-state index < -0.39 is 15.9 Å². The van der Waals surface area contributed by atoms with Gasteiger partial charge in [-0.3, -0.25) is 4.79 Å². The number of hydrogen-bond donors (Lipinski definition) is 2. The fraction of sp³-hybridized carbons (Fsp3) is 0.118. The van der Waals surface area contributed by atoms with Gasteiger partial charge in [-0.25, -0.2) is 23.2 Å². The Labute approximate surface area is 161 Å². The number of aromatic nitrogens is 3. The molecule has 0 fully saturated rings. The lowest BCUT2D eigenvalue weighted by Gasteiger charge is -2.15. The van der Waals surface area contributed by atoms with Crippen LogP contribution in [0.5, 0.6) is 0 Å². The molecule has 0 saturated heterocycles. The zero-order chi connectivity index (χ0) is 19.6. The minimum atomic E-state index is -4.02. The van der Waals surface area contributed by atoms with E-state index in [1.54, 1.807) is 11.0 Å². The molecule has 0 aliphatic heterocycles. The van der Waals surface area contributed by atoms with Crippen LogP contribution in [0.15, 0.2) is 60.0 Å². The minimum absolute atomic E-state index is 0.0363. The second-order valence-electron chi connectivity index (χ2n) is 5.82. The Morgan fingerprint density at radius 2 is 1.93 bits per heavy atom. The van der Waals surface area contributed by atoms with Crippen molar-refractivity contribution in [3.05, 3.63) is 71.3 Å². The van der Waals surface area contributed by atoms with Gasteiger partial charge >= 0.3 is 0 Å². The van der Waals surface area contributed by atoms with Gasteiger partial charge in [0.05, 0.1) is 16.8 Å². The standard InChI is InChI=1S/C17H16ClN5O3S/c1-11(12-2-5-14(6-3-12)23-10-20-9-21-23)22-17(24)13-4-7-15(18)16(8-13)27(19,25)26/h2-11H,1H3,(H,22,24)(H2,19,25,26). The number of carbonyl (C=O) groups excluding carboxylic acids is 1. The van der Waals surface area contributed by atoms with E-state index in [0.29, 0.717) is 0 Å². The Balaban J connectivity index is 1.76. The van der Waals surface area contributed by atoms with Gasteiger partial charge in [0, 0.05) is 5.56 Å². The van der Waals surface area contributed by atoms with Crippen LogP contribution in [0.3, 0.4) is 0 Å². The van der Waals surface area contributed by atoms with Gasteiger partial charge in [0.2, 0.25) is 10.0 Å². The average Bonchev–Trinajstić information content (AvgIpc) is 3.15. The Morgan fingerprint density at radius 3 is 2.52 bits per heavy atom. The Bertz CT molecular complexity index is 1070. The van der Waals surface area contributed by atoms with Crippen molar-refractivity contribution in [2.45, 2.75) is 17.9 Å². The van der Waals surface area contributed by atoms with Gasteiger partial charge < -0.3 is 5.32 Å². The van der Waals surface area contributed by atoms with Crippen molar-refractivity contribution >= 4 is 27.5 Å². The minimum Gasteiger partial charge on any atom is -0.346 e. The summed E-state index contributed by atoms with van der Waals surface area (Å²) in [5.41, 5.74) is 1.85. The lowest BCUT2D eigenvalue weighted by Crippen LogP contribution is -2.27. The number of rotatable bonds is 5. The predicted octanol–water partition coefficient (Wildman–Crippen LogP) is 2.06. The molecule has 1 unspecified atom stereocenters. The van der Waals surface area contributed by atoms with Gasteiger partial charge in [-0.15, -0.1) is 0 Å². The smallest absolute Gasteiger partial charge is 0.251 e. The summed E-state index contributed by atoms with van der Waals surface area (Å²) < 4.78 is 24.7. The van der Waals surface area contributed by atoms with E-state index in [1.807, 2.05) is 31.2 Å². The normalized spacial score (nSPS) is 12.6. The molecular weight excluding hydrogens is 390 g/mol. The zero-order valence-electron chi connectivity index (χ0n) is 14.2. The van der Waals surface area contributed by atoms with Crippen LogP contribution in [0.25, 0.3) is 5.69 Å². The quantitative estimate of drug-likeness (QED) is 0.673. The molecule has 1 aromatic heterocycles. The van der Waals surface area contributed by atoms with E-state index in [2.05, 4.69) is 15.4 Å². The first-order valence-electron chi connectivity index (χ1n) is 7.84. The predicted molar refractivity (Wildman–Crippen MR) is 100 cm³/mol. The molecule has 0 aliphatic rings. The van der Waals surface area contributed by atoms with Crippen molar-refractivity contribution in [3.63, 3.8) is 0 Å². The molecule has 2 aromatic carbocycles. The fourth-order valence-electron chi connectivity index (χ4n) is 2.48. The number of nitrogens with one attached hydrogen (secondary N) is 1. The molecule has 0 aliphatic carbocycles. The SMILES string of the molecule is CC(NC(=O)c1ccc(Cl)c(S(N)(=O)=O)c1)c1ccc(-n2cncn2)cc1. The van der Waals surface area contributed by atoms with E-state index in [0.717, 1.165) is 17.3 Å². The van der Waals surface area contributed by atoms with Crippen molar-refractivity contribution in [3.8, 4) is 5.69 Å². The number of hydrogen-bond acceptors (Lipinski definition) is 5. The molecule has 0 radical (unpaired) electrons. The summed E-state index contributed by atoms with van der Waals surface area (Å²) in [6, 6.07) is 11.0. The second-order valence-corrected chi connectivity index (χ2v) is 7.75. The number of halogens is 1. The molecule has 8 nitrogen and oxygen atoms in total. The number of nitrogens with two attached hydrogens (primary N) is 1. The summed E-state index contributed by atoms with van der Waals surface area (Å²) in [7, 11) is -4.02. The van der Waals surface area contributed by atoms with Crippen molar-refractivity contribution in [1.29, 1.82) is 0 Å². The first-order chi connectivity index (χ1) is 12.8. The van der Waals surface area contributed by atoms with Gasteiger partial charge in [-0.2, -0.15) is 5.10 Å². The maximum Gasteiger partial charge on any atom is 0.251 e. The number of primary sulfonamides is 1. The van der Waals surface area contributed by atoms with Crippen LogP contribution in [0.2, 0.25) is 5.02 Å². The van der Waals surface area contributed by atoms with E-state index in [9.17, 15) is 13.2 Å². The molecule has 0 saturated carbocycles. The van der Waals surface area contributed by atoms with Crippen LogP contribution in [-0.2, 0) is 10.0 Å². The number of benzene rings is 2. The monoisotopic (exact) mass is 405 g/mol. The molecule has 1 atom stereocenters. The van der Waals surface area contributed by atoms with Gasteiger partial charge in [0.15, 0.2) is 0 Å². The second kappa shape index (κ2) is 7.47. The molecule has 10 heteroatoms. The third kappa shape index (κ3) is 4.33. The fourth-order valence-corrected chi connectivity index (χ4v) is 3.55. The Kier molecular flexibility index (Phi) is 5.26. The molecular formula is C17H16ClN5O3S. The maximum atomic E-state index is 12.5. The Morgan fingerprint density at radius 1 is 1.22 bits per heavy atom. The number of nitrogens with zero attached hydrogens (tertiary/aromatic N) is 3. The van der Waals surface area contributed by atoms with Gasteiger partial charge in [-0.05, 0) is 42.8 Å². The summed E-state index contributed by atoms with van der Waals surface area (Å²) in [5.74, 6) is -0.440. The van der Waals surface area contributed by atoms with E-state index in [1.165, 1.54) is 18.5 Å². The highest BCUT2D eigenvalue weighted by molar-refractivity contribution is 7.89. The number of amides is 1. The maximum absolute atomic E-state index is 12.5. The molecule has 0 bridgehead atoms. The summed E-state index contributed by atoms with van der Waals surface area (Å²) in [6.45, 7) is 1.82. The van der Waals surface area contributed by atoms with Crippen LogP contribution in [0.1, 0.15) is 28.9 Å². The van der Waals surface area contributed by atoms with Crippen molar-refractivity contribution in [2.24, 2.45) is 5.14 Å². The van der Waals surface area contributed by atoms with Crippen molar-refractivity contribution in [1.82, 2.24) is 20.1 Å². The highest BCUT2D eigenvalue weighted by Gasteiger charge is 2.18. The summed E-state index contributed by atoms with van der Waals surface area (Å²) in [4.78, 5) is 16.1. The first kappa shape index (κ1) is 19.0. The third-order valence-electron chi connectivity index (χ3n) is 3.92. The molecule has 3 rings (SSSR count). The molecule has 3 aromatic rings. The topological polar surface area (TPSA) is 120 Å². The molecule has 140 valence electrons. The van der Waals surface area contributed by atoms with E-state index in [-0.39, 0.29) is 21.5 Å². The van der Waals surface area contributed by atoms with Crippen LogP contribution in [0.4, 0.5) is 0 Å². The highest BCUT2D eigenvalue weighted by atomic mass is 35.5. The molecule has 3 N–H and O–H groups in total. The summed E-state index contributed by atoms with van der Waals surface area (Å²) >= 11 is 5.84. The lowest BCUT2D eigenvalue weighted by atomic mass is 10.1. The number of sulfonamides is 1. The number of carbonyl (C=O) groups is 1. The molecule has 27 heavy (non-hydrogen) atoms. The van der Waals surface area contributed by atoms with Crippen LogP contribution in [0, 0.1) is 0 Å². The van der Waals surface area contributed by atoms with Crippen molar-refractivity contribution < 1.29 is 13.2 Å². The molecule has 1 heterocycles. The molecule has 0 spiro atoms. The van der Waals surface area contributed by atoms with E-state index in [4.69, 9.17) is 16.7 Å². The lowest BCUT2D eigenvalue weighted by molar-refractivity contribution is 0.0939. The summed E-state index contributed by atoms with van der Waals surface area (Å²) in [5, 5.41) is 11.9. The first-order valence-corrected chi connectivity index (χ1v) is 9.76. The largest absolute Gasteiger partial charge is 0.346 e. The zero-order valence-corrected chi connectivity index (χ0v) is 15.8. The average molecular weight is 406 g/mol. The van der Waals surface area contributed by atoms with Gasteiger partial charge in [-0.1, -0.05) is 23.7 Å². The van der Waals surface area contributed by atoms with Crippen LogP contribution >= 0.6 is 11.6 Å². The Hall–Kier alpha value is -2.75. The van der Waals surface area contributed by atoms with Crippen molar-refractivity contribution in [2.75, 3.05) is 0 Å². The van der Waals surface area contributed by atoms with E-state index >= 15 is 0 Å². The summed E-state index contributed by atoms with van der Waals surface area (Å²) in [6.07, 6.45) is 3.03. The van der Waals surface area contributed by atoms with Crippen LogP contribution < -0.4 is 10.5 Å². The van der Waals surface area contributed by atoms with Gasteiger partial charge in [0.25, 0.3) is 5.91 Å². The third-order valence-corrected chi connectivity index (χ3v) is 5.32.